The molecular formula is C20H24O5. The molecule has 0 fully saturated rings. The highest BCUT2D eigenvalue weighted by molar-refractivity contribution is 5.53. The van der Waals surface area contributed by atoms with Gasteiger partial charge in [0, 0.05) is 12.5 Å². The van der Waals surface area contributed by atoms with Crippen LogP contribution in [0.3, 0.4) is 0 Å². The molecule has 0 bridgehead atoms. The highest BCUT2D eigenvalue weighted by Gasteiger charge is 2.30. The second-order valence-electron chi connectivity index (χ2n) is 6.38. The first kappa shape index (κ1) is 17.4. The van der Waals surface area contributed by atoms with Crippen molar-refractivity contribution in [2.24, 2.45) is 5.92 Å². The number of aliphatic hydroxyl groups is 1. The summed E-state index contributed by atoms with van der Waals surface area (Å²) in [5.41, 5.74) is 3.36. The molecule has 1 aliphatic rings. The monoisotopic (exact) mass is 344 g/mol. The van der Waals surface area contributed by atoms with Gasteiger partial charge in [-0.15, -0.1) is 0 Å². The Labute approximate surface area is 147 Å². The number of rotatable bonds is 5. The molecule has 2 aromatic carbocycles. The first-order valence-electron chi connectivity index (χ1n) is 8.33. The number of methoxy groups -OCH3 is 3. The normalized spacial score (nSPS) is 19.2. The topological polar surface area (TPSA) is 68.2 Å². The van der Waals surface area contributed by atoms with Gasteiger partial charge < -0.3 is 24.4 Å². The first-order chi connectivity index (χ1) is 12.1. The van der Waals surface area contributed by atoms with Crippen LogP contribution >= 0.6 is 0 Å². The van der Waals surface area contributed by atoms with E-state index in [-0.39, 0.29) is 24.2 Å². The van der Waals surface area contributed by atoms with Crippen LogP contribution in [0.15, 0.2) is 30.3 Å². The van der Waals surface area contributed by atoms with E-state index in [1.54, 1.807) is 20.3 Å². The average molecular weight is 344 g/mol. The summed E-state index contributed by atoms with van der Waals surface area (Å²) in [7, 11) is 4.79. The Morgan fingerprint density at radius 3 is 2.28 bits per heavy atom. The van der Waals surface area contributed by atoms with E-state index in [2.05, 4.69) is 0 Å². The van der Waals surface area contributed by atoms with Crippen molar-refractivity contribution in [2.75, 3.05) is 27.9 Å². The maximum atomic E-state index is 9.88. The summed E-state index contributed by atoms with van der Waals surface area (Å²) in [6.45, 7) is 0.138. The molecule has 0 aromatic heterocycles. The summed E-state index contributed by atoms with van der Waals surface area (Å²) in [6.07, 6.45) is 1.63. The third-order valence-corrected chi connectivity index (χ3v) is 4.96. The van der Waals surface area contributed by atoms with E-state index in [0.29, 0.717) is 17.2 Å². The molecule has 1 aliphatic carbocycles. The lowest BCUT2D eigenvalue weighted by atomic mass is 9.74. The van der Waals surface area contributed by atoms with Gasteiger partial charge in [-0.25, -0.2) is 0 Å². The van der Waals surface area contributed by atoms with Crippen molar-refractivity contribution in [2.45, 2.75) is 18.8 Å². The van der Waals surface area contributed by atoms with Crippen LogP contribution in [0.2, 0.25) is 0 Å². The van der Waals surface area contributed by atoms with Crippen LogP contribution in [-0.4, -0.2) is 38.1 Å². The number of benzene rings is 2. The fourth-order valence-corrected chi connectivity index (χ4v) is 3.66. The molecule has 0 saturated carbocycles. The Hall–Kier alpha value is -2.40. The smallest absolute Gasteiger partial charge is 0.161 e. The number of hydrogen-bond acceptors (Lipinski definition) is 5. The van der Waals surface area contributed by atoms with Crippen LogP contribution in [0.1, 0.15) is 29.0 Å². The van der Waals surface area contributed by atoms with Gasteiger partial charge in [0.25, 0.3) is 0 Å². The molecule has 2 N–H and O–H groups in total. The van der Waals surface area contributed by atoms with Crippen LogP contribution in [0.4, 0.5) is 0 Å². The zero-order valence-corrected chi connectivity index (χ0v) is 14.8. The van der Waals surface area contributed by atoms with Crippen LogP contribution in [-0.2, 0) is 6.42 Å². The van der Waals surface area contributed by atoms with E-state index in [0.717, 1.165) is 29.5 Å². The Morgan fingerprint density at radius 1 is 0.960 bits per heavy atom. The number of phenols is 1. The minimum Gasteiger partial charge on any atom is -0.504 e. The van der Waals surface area contributed by atoms with Gasteiger partial charge in [0.05, 0.1) is 21.3 Å². The molecule has 0 heterocycles. The van der Waals surface area contributed by atoms with Crippen molar-refractivity contribution in [1.82, 2.24) is 0 Å². The third kappa shape index (κ3) is 3.24. The predicted molar refractivity (Wildman–Crippen MR) is 94.9 cm³/mol. The molecule has 134 valence electrons. The quantitative estimate of drug-likeness (QED) is 0.872. The molecule has 5 heteroatoms. The molecule has 0 radical (unpaired) electrons. The van der Waals surface area contributed by atoms with Gasteiger partial charge in [-0.2, -0.15) is 0 Å². The lowest BCUT2D eigenvalue weighted by Crippen LogP contribution is -2.22. The molecule has 2 atom stereocenters. The largest absolute Gasteiger partial charge is 0.504 e. The summed E-state index contributed by atoms with van der Waals surface area (Å²) in [5.74, 6) is 2.23. The van der Waals surface area contributed by atoms with Crippen molar-refractivity contribution >= 4 is 0 Å². The number of fused-ring (bicyclic) bond motifs is 1. The molecule has 0 amide bonds. The van der Waals surface area contributed by atoms with Crippen molar-refractivity contribution in [1.29, 1.82) is 0 Å². The van der Waals surface area contributed by atoms with Gasteiger partial charge >= 0.3 is 0 Å². The van der Waals surface area contributed by atoms with Crippen LogP contribution in [0.25, 0.3) is 0 Å². The summed E-state index contributed by atoms with van der Waals surface area (Å²) in [6, 6.07) is 9.44. The Bertz CT molecular complexity index is 756. The second kappa shape index (κ2) is 7.23. The number of hydrogen-bond donors (Lipinski definition) is 2. The lowest BCUT2D eigenvalue weighted by Gasteiger charge is -2.32. The summed E-state index contributed by atoms with van der Waals surface area (Å²) >= 11 is 0. The molecule has 25 heavy (non-hydrogen) atoms. The van der Waals surface area contributed by atoms with E-state index in [4.69, 9.17) is 14.2 Å². The van der Waals surface area contributed by atoms with Gasteiger partial charge in [-0.05, 0) is 59.7 Å². The minimum absolute atomic E-state index is 0.0928. The lowest BCUT2D eigenvalue weighted by molar-refractivity contribution is 0.207. The van der Waals surface area contributed by atoms with E-state index in [1.807, 2.05) is 24.3 Å². The zero-order chi connectivity index (χ0) is 18.0. The number of aromatic hydroxyl groups is 1. The fraction of sp³-hybridized carbons (Fsp3) is 0.400. The van der Waals surface area contributed by atoms with Gasteiger partial charge in [-0.1, -0.05) is 6.07 Å². The minimum atomic E-state index is 0.0928. The average Bonchev–Trinajstić information content (AvgIpc) is 2.66. The highest BCUT2D eigenvalue weighted by atomic mass is 16.5. The highest BCUT2D eigenvalue weighted by Crippen LogP contribution is 2.45. The van der Waals surface area contributed by atoms with E-state index in [9.17, 15) is 10.2 Å². The van der Waals surface area contributed by atoms with Crippen molar-refractivity contribution in [3.63, 3.8) is 0 Å². The van der Waals surface area contributed by atoms with Gasteiger partial charge in [0.2, 0.25) is 0 Å². The van der Waals surface area contributed by atoms with Crippen LogP contribution in [0.5, 0.6) is 23.0 Å². The Morgan fingerprint density at radius 2 is 1.64 bits per heavy atom. The SMILES string of the molecule is COc1cc([C@H]2C[C@@H](CO)Cc3cc(OC)c(OC)cc32)ccc1O. The third-order valence-electron chi connectivity index (χ3n) is 4.96. The standard InChI is InChI=1S/C20H24O5/c1-23-18-8-13(4-5-17(18)22)15-7-12(11-21)6-14-9-19(24-2)20(25-3)10-16(14)15/h4-5,8-10,12,15,21-22H,6-7,11H2,1-3H3/t12-,15+/m0/s1. The zero-order valence-electron chi connectivity index (χ0n) is 14.8. The molecule has 3 rings (SSSR count). The fourth-order valence-electron chi connectivity index (χ4n) is 3.66. The molecule has 0 spiro atoms. The first-order valence-corrected chi connectivity index (χ1v) is 8.33. The molecular weight excluding hydrogens is 320 g/mol. The molecule has 0 unspecified atom stereocenters. The van der Waals surface area contributed by atoms with Crippen molar-refractivity contribution in [3.05, 3.63) is 47.0 Å². The van der Waals surface area contributed by atoms with E-state index < -0.39 is 0 Å². The molecule has 0 aliphatic heterocycles. The number of aliphatic hydroxyl groups excluding tert-OH is 1. The maximum absolute atomic E-state index is 9.88. The molecule has 5 nitrogen and oxygen atoms in total. The Balaban J connectivity index is 2.11. The predicted octanol–water partition coefficient (Wildman–Crippen LogP) is 3.10. The summed E-state index contributed by atoms with van der Waals surface area (Å²) < 4.78 is 16.1. The number of phenolic OH excluding ortho intramolecular Hbond substituents is 1. The Kier molecular flexibility index (Phi) is 5.04. The molecule has 0 saturated heterocycles. The van der Waals surface area contributed by atoms with Gasteiger partial charge in [0.1, 0.15) is 0 Å². The van der Waals surface area contributed by atoms with Gasteiger partial charge in [-0.3, -0.25) is 0 Å². The van der Waals surface area contributed by atoms with E-state index >= 15 is 0 Å². The van der Waals surface area contributed by atoms with Gasteiger partial charge in [0.15, 0.2) is 23.0 Å². The van der Waals surface area contributed by atoms with Crippen LogP contribution in [0, 0.1) is 5.92 Å². The van der Waals surface area contributed by atoms with Crippen molar-refractivity contribution < 1.29 is 24.4 Å². The second-order valence-corrected chi connectivity index (χ2v) is 6.38. The maximum Gasteiger partial charge on any atom is 0.161 e. The van der Waals surface area contributed by atoms with E-state index in [1.165, 1.54) is 7.11 Å². The van der Waals surface area contributed by atoms with Crippen molar-refractivity contribution in [3.8, 4) is 23.0 Å². The summed E-state index contributed by atoms with van der Waals surface area (Å²) in [5, 5.41) is 19.6. The molecule has 2 aromatic rings. The van der Waals surface area contributed by atoms with Crippen LogP contribution < -0.4 is 14.2 Å². The number of ether oxygens (including phenoxy) is 3. The summed E-state index contributed by atoms with van der Waals surface area (Å²) in [4.78, 5) is 0.